The van der Waals surface area contributed by atoms with Crippen LogP contribution in [0, 0.1) is 23.0 Å². The molecule has 0 saturated heterocycles. The quantitative estimate of drug-likeness (QED) is 0.308. The van der Waals surface area contributed by atoms with Crippen LogP contribution in [0.2, 0.25) is 0 Å². The standard InChI is InChI=1S/C22H28N2O6S/c1-5-30-22(25)21(14-16(2)3)23(15-18-8-6-17(4)7-9-18)31(28,29)20-12-10-19(11-13-20)24(26)27/h6-13,16,21H,5,14-15H2,1-4H3/t21-/m0/s1. The fraction of sp³-hybridized carbons (Fsp3) is 0.409. The van der Waals surface area contributed by atoms with Crippen LogP contribution >= 0.6 is 0 Å². The first-order valence-corrected chi connectivity index (χ1v) is 11.5. The summed E-state index contributed by atoms with van der Waals surface area (Å²) < 4.78 is 33.5. The lowest BCUT2D eigenvalue weighted by atomic mass is 10.0. The van der Waals surface area contributed by atoms with Crippen molar-refractivity contribution in [1.29, 1.82) is 0 Å². The van der Waals surface area contributed by atoms with E-state index in [0.29, 0.717) is 5.56 Å². The smallest absolute Gasteiger partial charge is 0.324 e. The van der Waals surface area contributed by atoms with Gasteiger partial charge in [0.05, 0.1) is 16.4 Å². The molecule has 0 amide bonds. The van der Waals surface area contributed by atoms with Gasteiger partial charge >= 0.3 is 5.97 Å². The molecule has 0 bridgehead atoms. The van der Waals surface area contributed by atoms with Gasteiger partial charge in [-0.1, -0.05) is 43.7 Å². The summed E-state index contributed by atoms with van der Waals surface area (Å²) in [5.74, 6) is -0.587. The Morgan fingerprint density at radius 3 is 2.16 bits per heavy atom. The Labute approximate surface area is 183 Å². The second-order valence-electron chi connectivity index (χ2n) is 7.68. The lowest BCUT2D eigenvalue weighted by Crippen LogP contribution is -2.46. The van der Waals surface area contributed by atoms with Crippen LogP contribution in [-0.4, -0.2) is 36.3 Å². The van der Waals surface area contributed by atoms with E-state index in [2.05, 4.69) is 0 Å². The number of carbonyl (C=O) groups excluding carboxylic acids is 1. The number of nitro benzene ring substituents is 1. The zero-order valence-corrected chi connectivity index (χ0v) is 19.0. The Morgan fingerprint density at radius 2 is 1.68 bits per heavy atom. The van der Waals surface area contributed by atoms with Gasteiger partial charge in [0.25, 0.3) is 5.69 Å². The van der Waals surface area contributed by atoms with Crippen LogP contribution < -0.4 is 0 Å². The number of hydrogen-bond acceptors (Lipinski definition) is 6. The van der Waals surface area contributed by atoms with Gasteiger partial charge in [0.2, 0.25) is 10.0 Å². The van der Waals surface area contributed by atoms with Crippen molar-refractivity contribution in [3.05, 3.63) is 69.8 Å². The van der Waals surface area contributed by atoms with Gasteiger partial charge in [-0.2, -0.15) is 4.31 Å². The summed E-state index contributed by atoms with van der Waals surface area (Å²) in [6.45, 7) is 7.48. The van der Waals surface area contributed by atoms with Gasteiger partial charge in [-0.25, -0.2) is 8.42 Å². The molecule has 2 aromatic rings. The van der Waals surface area contributed by atoms with Crippen LogP contribution in [0.15, 0.2) is 53.4 Å². The molecule has 0 spiro atoms. The molecule has 0 aliphatic carbocycles. The van der Waals surface area contributed by atoms with Crippen molar-refractivity contribution in [3.8, 4) is 0 Å². The van der Waals surface area contributed by atoms with Crippen LogP contribution in [0.1, 0.15) is 38.3 Å². The van der Waals surface area contributed by atoms with E-state index >= 15 is 0 Å². The summed E-state index contributed by atoms with van der Waals surface area (Å²) in [5.41, 5.74) is 1.53. The highest BCUT2D eigenvalue weighted by Gasteiger charge is 2.37. The van der Waals surface area contributed by atoms with E-state index in [1.54, 1.807) is 6.92 Å². The zero-order valence-electron chi connectivity index (χ0n) is 18.1. The lowest BCUT2D eigenvalue weighted by molar-refractivity contribution is -0.384. The van der Waals surface area contributed by atoms with E-state index in [9.17, 15) is 23.3 Å². The van der Waals surface area contributed by atoms with Crippen LogP contribution in [0.3, 0.4) is 0 Å². The molecule has 2 rings (SSSR count). The van der Waals surface area contributed by atoms with Gasteiger partial charge in [0.15, 0.2) is 0 Å². The molecule has 0 aliphatic heterocycles. The maximum atomic E-state index is 13.6. The second-order valence-corrected chi connectivity index (χ2v) is 9.57. The monoisotopic (exact) mass is 448 g/mol. The second kappa shape index (κ2) is 10.5. The van der Waals surface area contributed by atoms with Gasteiger partial charge < -0.3 is 4.74 Å². The summed E-state index contributed by atoms with van der Waals surface area (Å²) in [6, 6.07) is 11.0. The van der Waals surface area contributed by atoms with Gasteiger partial charge in [-0.3, -0.25) is 14.9 Å². The van der Waals surface area contributed by atoms with Crippen molar-refractivity contribution < 1.29 is 22.9 Å². The molecule has 0 unspecified atom stereocenters. The summed E-state index contributed by atoms with van der Waals surface area (Å²) in [5, 5.41) is 10.9. The average molecular weight is 449 g/mol. The molecule has 0 saturated carbocycles. The molecule has 31 heavy (non-hydrogen) atoms. The Bertz CT molecular complexity index is 1000. The Balaban J connectivity index is 2.55. The fourth-order valence-electron chi connectivity index (χ4n) is 3.13. The number of aryl methyl sites for hydroxylation is 1. The molecule has 0 aliphatic rings. The Morgan fingerprint density at radius 1 is 1.10 bits per heavy atom. The predicted molar refractivity (Wildman–Crippen MR) is 117 cm³/mol. The fourth-order valence-corrected chi connectivity index (χ4v) is 4.70. The third-order valence-corrected chi connectivity index (χ3v) is 6.58. The highest BCUT2D eigenvalue weighted by Crippen LogP contribution is 2.27. The number of sulfonamides is 1. The minimum Gasteiger partial charge on any atom is -0.465 e. The molecule has 0 N–H and O–H groups in total. The first kappa shape index (κ1) is 24.5. The molecular weight excluding hydrogens is 420 g/mol. The van der Waals surface area contributed by atoms with Crippen LogP contribution in [0.4, 0.5) is 5.69 Å². The highest BCUT2D eigenvalue weighted by molar-refractivity contribution is 7.89. The number of nitrogens with zero attached hydrogens (tertiary/aromatic N) is 2. The van der Waals surface area contributed by atoms with E-state index in [0.717, 1.165) is 22.0 Å². The molecular formula is C22H28N2O6S. The molecule has 8 nitrogen and oxygen atoms in total. The third-order valence-electron chi connectivity index (χ3n) is 4.71. The van der Waals surface area contributed by atoms with Crippen LogP contribution in [0.5, 0.6) is 0 Å². The molecule has 0 aromatic heterocycles. The van der Waals surface area contributed by atoms with Crippen molar-refractivity contribution in [3.63, 3.8) is 0 Å². The van der Waals surface area contributed by atoms with E-state index in [1.807, 2.05) is 45.0 Å². The maximum absolute atomic E-state index is 13.6. The van der Waals surface area contributed by atoms with E-state index in [1.165, 1.54) is 12.1 Å². The molecule has 9 heteroatoms. The van der Waals surface area contributed by atoms with E-state index in [4.69, 9.17) is 4.74 Å². The summed E-state index contributed by atoms with van der Waals surface area (Å²) in [7, 11) is -4.15. The normalized spacial score (nSPS) is 12.7. The number of ether oxygens (including phenoxy) is 1. The average Bonchev–Trinajstić information content (AvgIpc) is 2.71. The first-order chi connectivity index (χ1) is 14.6. The van der Waals surface area contributed by atoms with Gasteiger partial charge in [0.1, 0.15) is 6.04 Å². The van der Waals surface area contributed by atoms with Gasteiger partial charge in [0, 0.05) is 18.7 Å². The minimum absolute atomic E-state index is 0.0296. The lowest BCUT2D eigenvalue weighted by Gasteiger charge is -2.30. The van der Waals surface area contributed by atoms with Crippen molar-refractivity contribution in [2.45, 2.75) is 51.6 Å². The SMILES string of the molecule is CCOC(=O)[C@H](CC(C)C)N(Cc1ccc(C)cc1)S(=O)(=O)c1ccc([N+](=O)[O-])cc1. The van der Waals surface area contributed by atoms with E-state index in [-0.39, 0.29) is 36.1 Å². The highest BCUT2D eigenvalue weighted by atomic mass is 32.2. The molecule has 1 atom stereocenters. The molecule has 2 aromatic carbocycles. The summed E-state index contributed by atoms with van der Waals surface area (Å²) in [6.07, 6.45) is 0.275. The number of hydrogen-bond donors (Lipinski definition) is 0. The molecule has 0 radical (unpaired) electrons. The van der Waals surface area contributed by atoms with Gasteiger partial charge in [-0.15, -0.1) is 0 Å². The number of nitro groups is 1. The van der Waals surface area contributed by atoms with E-state index < -0.39 is 27.0 Å². The third kappa shape index (κ3) is 6.35. The largest absolute Gasteiger partial charge is 0.465 e. The van der Waals surface area contributed by atoms with Crippen LogP contribution in [0.25, 0.3) is 0 Å². The first-order valence-electron chi connectivity index (χ1n) is 10.0. The number of carbonyl (C=O) groups is 1. The Hall–Kier alpha value is -2.78. The van der Waals surface area contributed by atoms with Crippen molar-refractivity contribution >= 4 is 21.7 Å². The number of rotatable bonds is 10. The number of non-ortho nitro benzene ring substituents is 1. The number of benzene rings is 2. The topological polar surface area (TPSA) is 107 Å². The molecule has 168 valence electrons. The minimum atomic E-state index is -4.15. The predicted octanol–water partition coefficient (Wildman–Crippen LogP) is 4.07. The van der Waals surface area contributed by atoms with Crippen molar-refractivity contribution in [2.24, 2.45) is 5.92 Å². The maximum Gasteiger partial charge on any atom is 0.324 e. The molecule has 0 heterocycles. The van der Waals surface area contributed by atoms with Crippen molar-refractivity contribution in [1.82, 2.24) is 4.31 Å². The zero-order chi connectivity index (χ0) is 23.2. The van der Waals surface area contributed by atoms with Gasteiger partial charge in [-0.05, 0) is 43.9 Å². The van der Waals surface area contributed by atoms with Crippen LogP contribution in [-0.2, 0) is 26.1 Å². The Kier molecular flexibility index (Phi) is 8.29. The summed E-state index contributed by atoms with van der Waals surface area (Å²) >= 11 is 0. The molecule has 0 fully saturated rings. The van der Waals surface area contributed by atoms with Crippen molar-refractivity contribution in [2.75, 3.05) is 6.61 Å². The number of esters is 1. The summed E-state index contributed by atoms with van der Waals surface area (Å²) in [4.78, 5) is 23.0.